The van der Waals surface area contributed by atoms with E-state index in [0.29, 0.717) is 10.6 Å². The Morgan fingerprint density at radius 1 is 1.43 bits per heavy atom. The maximum absolute atomic E-state index is 12.1. The second-order valence-corrected chi connectivity index (χ2v) is 7.28. The fourth-order valence-corrected chi connectivity index (χ4v) is 3.80. The van der Waals surface area contributed by atoms with E-state index < -0.39 is 0 Å². The Bertz CT molecular complexity index is 748. The predicted octanol–water partition coefficient (Wildman–Crippen LogP) is 3.91. The largest absolute Gasteiger partial charge is 0.348 e. The smallest absolute Gasteiger partial charge is 0.230 e. The summed E-state index contributed by atoms with van der Waals surface area (Å²) in [7, 11) is 0. The van der Waals surface area contributed by atoms with Crippen LogP contribution in [0.2, 0.25) is 0 Å². The fraction of sp³-hybridized carbons (Fsp3) is 0.353. The molecule has 2 rings (SSSR count). The highest BCUT2D eigenvalue weighted by atomic mass is 32.2. The van der Waals surface area contributed by atoms with Crippen LogP contribution < -0.4 is 5.32 Å². The van der Waals surface area contributed by atoms with Crippen LogP contribution in [0.25, 0.3) is 0 Å². The van der Waals surface area contributed by atoms with Gasteiger partial charge in [0.15, 0.2) is 0 Å². The van der Waals surface area contributed by atoms with Crippen molar-refractivity contribution in [1.29, 1.82) is 5.26 Å². The number of aromatic nitrogens is 1. The van der Waals surface area contributed by atoms with Gasteiger partial charge in [0.2, 0.25) is 5.91 Å². The van der Waals surface area contributed by atoms with Gasteiger partial charge in [-0.3, -0.25) is 4.79 Å². The number of carbonyl (C=O) groups is 1. The first-order valence-corrected chi connectivity index (χ1v) is 9.14. The van der Waals surface area contributed by atoms with Gasteiger partial charge in [-0.1, -0.05) is 17.8 Å². The lowest BCUT2D eigenvalue weighted by Crippen LogP contribution is -2.27. The number of hydrogen-bond acceptors (Lipinski definition) is 5. The molecule has 120 valence electrons. The van der Waals surface area contributed by atoms with Gasteiger partial charge in [-0.05, 0) is 50.3 Å². The summed E-state index contributed by atoms with van der Waals surface area (Å²) in [5.74, 6) is 0.191. The van der Waals surface area contributed by atoms with Gasteiger partial charge < -0.3 is 5.32 Å². The Morgan fingerprint density at radius 3 is 2.78 bits per heavy atom. The SMILES string of the molecule is Cc1nc(SCC(=O)NC(C)c2cccs2)c(C#N)c(C)c1C. The van der Waals surface area contributed by atoms with E-state index in [1.807, 2.05) is 45.2 Å². The Labute approximate surface area is 144 Å². The number of thioether (sulfide) groups is 1. The number of carbonyl (C=O) groups excluding carboxylic acids is 1. The predicted molar refractivity (Wildman–Crippen MR) is 94.8 cm³/mol. The van der Waals surface area contributed by atoms with Crippen molar-refractivity contribution in [3.63, 3.8) is 0 Å². The number of thiophene rings is 1. The minimum atomic E-state index is -0.0579. The van der Waals surface area contributed by atoms with E-state index in [1.54, 1.807) is 11.3 Å². The standard InChI is InChI=1S/C17H19N3OS2/c1-10-11(2)14(8-18)17(20-12(10)3)23-9-16(21)19-13(4)15-6-5-7-22-15/h5-7,13H,9H2,1-4H3,(H,19,21). The molecule has 2 heterocycles. The molecule has 2 aromatic heterocycles. The first-order valence-electron chi connectivity index (χ1n) is 7.27. The van der Waals surface area contributed by atoms with Crippen LogP contribution in [0, 0.1) is 32.1 Å². The number of pyridine rings is 1. The lowest BCUT2D eigenvalue weighted by atomic mass is 10.1. The van der Waals surface area contributed by atoms with Gasteiger partial charge in [0.05, 0.1) is 17.4 Å². The van der Waals surface area contributed by atoms with Crippen molar-refractivity contribution in [2.24, 2.45) is 0 Å². The zero-order chi connectivity index (χ0) is 17.0. The second kappa shape index (κ2) is 7.62. The Morgan fingerprint density at radius 2 is 2.17 bits per heavy atom. The third-order valence-corrected chi connectivity index (χ3v) is 5.79. The van der Waals surface area contributed by atoms with E-state index in [0.717, 1.165) is 21.7 Å². The molecule has 0 spiro atoms. The van der Waals surface area contributed by atoms with Crippen LogP contribution in [0.3, 0.4) is 0 Å². The maximum Gasteiger partial charge on any atom is 0.230 e. The molecular weight excluding hydrogens is 326 g/mol. The van der Waals surface area contributed by atoms with Crippen molar-refractivity contribution in [2.45, 2.75) is 38.8 Å². The summed E-state index contributed by atoms with van der Waals surface area (Å²) in [6.45, 7) is 7.77. The van der Waals surface area contributed by atoms with E-state index in [-0.39, 0.29) is 17.7 Å². The first kappa shape index (κ1) is 17.5. The minimum absolute atomic E-state index is 0.00649. The molecule has 0 aromatic carbocycles. The molecule has 4 nitrogen and oxygen atoms in total. The number of rotatable bonds is 5. The van der Waals surface area contributed by atoms with Gasteiger partial charge in [-0.15, -0.1) is 11.3 Å². The molecule has 6 heteroatoms. The van der Waals surface area contributed by atoms with Gasteiger partial charge in [0.25, 0.3) is 0 Å². The fourth-order valence-electron chi connectivity index (χ4n) is 2.17. The van der Waals surface area contributed by atoms with E-state index >= 15 is 0 Å². The van der Waals surface area contributed by atoms with Crippen molar-refractivity contribution in [2.75, 3.05) is 5.75 Å². The van der Waals surface area contributed by atoms with E-state index in [1.165, 1.54) is 11.8 Å². The number of nitriles is 1. The normalized spacial score (nSPS) is 11.8. The van der Waals surface area contributed by atoms with E-state index in [9.17, 15) is 10.1 Å². The highest BCUT2D eigenvalue weighted by molar-refractivity contribution is 8.00. The van der Waals surface area contributed by atoms with Crippen molar-refractivity contribution in [3.05, 3.63) is 44.8 Å². The second-order valence-electron chi connectivity index (χ2n) is 5.33. The zero-order valence-electron chi connectivity index (χ0n) is 13.6. The molecule has 0 radical (unpaired) electrons. The molecule has 23 heavy (non-hydrogen) atoms. The molecule has 1 N–H and O–H groups in total. The van der Waals surface area contributed by atoms with Gasteiger partial charge >= 0.3 is 0 Å². The topological polar surface area (TPSA) is 65.8 Å². The Kier molecular flexibility index (Phi) is 5.80. The lowest BCUT2D eigenvalue weighted by Gasteiger charge is -2.13. The number of nitrogens with one attached hydrogen (secondary N) is 1. The summed E-state index contributed by atoms with van der Waals surface area (Å²) >= 11 is 2.94. The molecule has 1 amide bonds. The average Bonchev–Trinajstić information content (AvgIpc) is 3.05. The summed E-state index contributed by atoms with van der Waals surface area (Å²) in [5.41, 5.74) is 3.44. The summed E-state index contributed by atoms with van der Waals surface area (Å²) in [5, 5.41) is 14.9. The summed E-state index contributed by atoms with van der Waals surface area (Å²) in [6.07, 6.45) is 0. The summed E-state index contributed by atoms with van der Waals surface area (Å²) in [4.78, 5) is 17.7. The lowest BCUT2D eigenvalue weighted by molar-refractivity contribution is -0.119. The van der Waals surface area contributed by atoms with Crippen LogP contribution in [0.4, 0.5) is 0 Å². The van der Waals surface area contributed by atoms with Gasteiger partial charge in [0.1, 0.15) is 11.1 Å². The van der Waals surface area contributed by atoms with Crippen molar-refractivity contribution in [1.82, 2.24) is 10.3 Å². The monoisotopic (exact) mass is 345 g/mol. The molecule has 0 aliphatic rings. The van der Waals surface area contributed by atoms with Crippen molar-refractivity contribution < 1.29 is 4.79 Å². The number of amides is 1. The summed E-state index contributed by atoms with van der Waals surface area (Å²) in [6, 6.07) is 6.17. The Balaban J connectivity index is 2.04. The molecule has 2 aromatic rings. The van der Waals surface area contributed by atoms with Gasteiger partial charge in [-0.25, -0.2) is 4.98 Å². The van der Waals surface area contributed by atoms with Crippen LogP contribution in [-0.4, -0.2) is 16.6 Å². The molecule has 0 saturated carbocycles. The molecule has 0 aliphatic heterocycles. The van der Waals surface area contributed by atoms with Crippen molar-refractivity contribution >= 4 is 29.0 Å². The highest BCUT2D eigenvalue weighted by Gasteiger charge is 2.15. The molecule has 1 unspecified atom stereocenters. The van der Waals surface area contributed by atoms with E-state index in [4.69, 9.17) is 0 Å². The number of aryl methyl sites for hydroxylation is 1. The van der Waals surface area contributed by atoms with E-state index in [2.05, 4.69) is 16.4 Å². The van der Waals surface area contributed by atoms with Crippen LogP contribution in [0.15, 0.2) is 22.5 Å². The molecular formula is C17H19N3OS2. The van der Waals surface area contributed by atoms with Crippen LogP contribution in [0.1, 0.15) is 40.2 Å². The van der Waals surface area contributed by atoms with Crippen LogP contribution in [-0.2, 0) is 4.79 Å². The molecule has 0 bridgehead atoms. The highest BCUT2D eigenvalue weighted by Crippen LogP contribution is 2.26. The third-order valence-electron chi connectivity index (χ3n) is 3.76. The van der Waals surface area contributed by atoms with Crippen LogP contribution in [0.5, 0.6) is 0 Å². The summed E-state index contributed by atoms with van der Waals surface area (Å²) < 4.78 is 0. The maximum atomic E-state index is 12.1. The van der Waals surface area contributed by atoms with Gasteiger partial charge in [-0.2, -0.15) is 5.26 Å². The minimum Gasteiger partial charge on any atom is -0.348 e. The zero-order valence-corrected chi connectivity index (χ0v) is 15.3. The van der Waals surface area contributed by atoms with Crippen LogP contribution >= 0.6 is 23.1 Å². The molecule has 0 aliphatic carbocycles. The third kappa shape index (κ3) is 4.12. The number of nitrogens with zero attached hydrogens (tertiary/aromatic N) is 2. The Hall–Kier alpha value is -1.84. The number of hydrogen-bond donors (Lipinski definition) is 1. The first-order chi connectivity index (χ1) is 10.9. The van der Waals surface area contributed by atoms with Gasteiger partial charge in [0, 0.05) is 10.6 Å². The molecule has 1 atom stereocenters. The average molecular weight is 345 g/mol. The quantitative estimate of drug-likeness (QED) is 0.834. The molecule has 0 fully saturated rings. The molecule has 0 saturated heterocycles. The van der Waals surface area contributed by atoms with Crippen molar-refractivity contribution in [3.8, 4) is 6.07 Å².